The van der Waals surface area contributed by atoms with E-state index >= 15 is 0 Å². The molecule has 0 bridgehead atoms. The molecule has 0 radical (unpaired) electrons. The number of methoxy groups -OCH3 is 1. The van der Waals surface area contributed by atoms with Crippen molar-refractivity contribution in [2.45, 2.75) is 19.4 Å². The Morgan fingerprint density at radius 3 is 2.70 bits per heavy atom. The molecule has 2 aromatic carbocycles. The Balaban J connectivity index is 1.52. The van der Waals surface area contributed by atoms with Gasteiger partial charge in [0, 0.05) is 36.8 Å². The van der Waals surface area contributed by atoms with Crippen LogP contribution in [-0.4, -0.2) is 37.6 Å². The summed E-state index contributed by atoms with van der Waals surface area (Å²) in [5.41, 5.74) is 1.09. The maximum atomic E-state index is 14.2. The van der Waals surface area contributed by atoms with Crippen LogP contribution in [0.25, 0.3) is 0 Å². The highest BCUT2D eigenvalue weighted by Gasteiger charge is 2.21. The third-order valence-electron chi connectivity index (χ3n) is 4.92. The van der Waals surface area contributed by atoms with Gasteiger partial charge in [0.1, 0.15) is 17.4 Å². The van der Waals surface area contributed by atoms with Crippen molar-refractivity contribution in [1.29, 1.82) is 0 Å². The average molecular weight is 374 g/mol. The van der Waals surface area contributed by atoms with Crippen molar-refractivity contribution in [3.8, 4) is 5.75 Å². The second-order valence-electron chi connectivity index (χ2n) is 6.92. The number of halogens is 2. The van der Waals surface area contributed by atoms with Crippen molar-refractivity contribution in [2.75, 3.05) is 26.7 Å². The van der Waals surface area contributed by atoms with Crippen LogP contribution in [0.5, 0.6) is 5.75 Å². The monoisotopic (exact) mass is 374 g/mol. The summed E-state index contributed by atoms with van der Waals surface area (Å²) in [6, 6.07) is 10.4. The first-order valence-electron chi connectivity index (χ1n) is 9.13. The number of ether oxygens (including phenoxy) is 1. The maximum Gasteiger partial charge on any atom is 0.251 e. The third-order valence-corrected chi connectivity index (χ3v) is 4.92. The highest BCUT2D eigenvalue weighted by molar-refractivity contribution is 5.94. The lowest BCUT2D eigenvalue weighted by atomic mass is 9.97. The molecule has 1 aliphatic rings. The van der Waals surface area contributed by atoms with E-state index in [1.807, 2.05) is 0 Å². The number of carbonyl (C=O) groups excluding carboxylic acids is 1. The van der Waals surface area contributed by atoms with Gasteiger partial charge in [0.2, 0.25) is 0 Å². The summed E-state index contributed by atoms with van der Waals surface area (Å²) in [4.78, 5) is 14.4. The van der Waals surface area contributed by atoms with Crippen LogP contribution < -0.4 is 10.1 Å². The van der Waals surface area contributed by atoms with E-state index in [0.29, 0.717) is 35.9 Å². The van der Waals surface area contributed by atoms with Crippen LogP contribution in [0.15, 0.2) is 42.5 Å². The zero-order valence-electron chi connectivity index (χ0n) is 15.4. The topological polar surface area (TPSA) is 41.6 Å². The summed E-state index contributed by atoms with van der Waals surface area (Å²) in [6.45, 7) is 2.80. The fourth-order valence-corrected chi connectivity index (χ4v) is 3.43. The number of amides is 1. The average Bonchev–Trinajstić information content (AvgIpc) is 2.68. The minimum absolute atomic E-state index is 0.201. The number of piperidine rings is 1. The van der Waals surface area contributed by atoms with Crippen molar-refractivity contribution < 1.29 is 18.3 Å². The van der Waals surface area contributed by atoms with E-state index in [1.165, 1.54) is 37.4 Å². The number of carbonyl (C=O) groups is 1. The molecule has 27 heavy (non-hydrogen) atoms. The van der Waals surface area contributed by atoms with Crippen LogP contribution in [0.2, 0.25) is 0 Å². The predicted molar refractivity (Wildman–Crippen MR) is 99.7 cm³/mol. The number of rotatable bonds is 6. The van der Waals surface area contributed by atoms with Gasteiger partial charge in [0.05, 0.1) is 7.11 Å². The van der Waals surface area contributed by atoms with Gasteiger partial charge in [-0.25, -0.2) is 8.78 Å². The molecular formula is C21H24F2N2O2. The van der Waals surface area contributed by atoms with Crippen LogP contribution in [-0.2, 0) is 6.54 Å². The molecule has 1 fully saturated rings. The van der Waals surface area contributed by atoms with Crippen LogP contribution >= 0.6 is 0 Å². The number of hydrogen-bond donors (Lipinski definition) is 1. The fraction of sp³-hybridized carbons (Fsp3) is 0.381. The molecule has 1 amide bonds. The van der Waals surface area contributed by atoms with Gasteiger partial charge in [-0.05, 0) is 55.6 Å². The first-order valence-corrected chi connectivity index (χ1v) is 9.13. The largest absolute Gasteiger partial charge is 0.497 e. The Kier molecular flexibility index (Phi) is 6.40. The quantitative estimate of drug-likeness (QED) is 0.840. The molecule has 0 spiro atoms. The number of nitrogens with one attached hydrogen (secondary N) is 1. The summed E-state index contributed by atoms with van der Waals surface area (Å²) in [6.07, 6.45) is 2.03. The first kappa shape index (κ1) is 19.3. The zero-order chi connectivity index (χ0) is 19.2. The molecular weight excluding hydrogens is 350 g/mol. The third kappa shape index (κ3) is 5.26. The first-order chi connectivity index (χ1) is 13.0. The molecule has 1 saturated heterocycles. The normalized spacial score (nSPS) is 17.5. The molecule has 0 saturated carbocycles. The number of hydrogen-bond acceptors (Lipinski definition) is 3. The Morgan fingerprint density at radius 1 is 1.22 bits per heavy atom. The van der Waals surface area contributed by atoms with Crippen LogP contribution in [0, 0.1) is 17.6 Å². The molecule has 1 atom stereocenters. The molecule has 4 nitrogen and oxygen atoms in total. The molecule has 144 valence electrons. The lowest BCUT2D eigenvalue weighted by Gasteiger charge is -2.33. The van der Waals surface area contributed by atoms with Crippen LogP contribution in [0.1, 0.15) is 28.8 Å². The summed E-state index contributed by atoms with van der Waals surface area (Å²) < 4.78 is 32.2. The van der Waals surface area contributed by atoms with E-state index < -0.39 is 0 Å². The van der Waals surface area contributed by atoms with Gasteiger partial charge in [-0.15, -0.1) is 0 Å². The van der Waals surface area contributed by atoms with E-state index in [1.54, 1.807) is 12.1 Å². The van der Waals surface area contributed by atoms with Gasteiger partial charge in [-0.3, -0.25) is 9.69 Å². The standard InChI is InChI=1S/C21H24F2N2O2/c1-27-19-9-6-17(20(23)11-19)14-25-10-2-3-15(13-25)12-24-21(26)16-4-7-18(22)8-5-16/h4-9,11,15H,2-3,10,12-14H2,1H3,(H,24,26)/t15-/m1/s1. The van der Waals surface area contributed by atoms with Crippen LogP contribution in [0.3, 0.4) is 0 Å². The highest BCUT2D eigenvalue weighted by Crippen LogP contribution is 2.21. The Morgan fingerprint density at radius 2 is 2.00 bits per heavy atom. The molecule has 0 unspecified atom stereocenters. The van der Waals surface area contributed by atoms with Gasteiger partial charge >= 0.3 is 0 Å². The SMILES string of the molecule is COc1ccc(CN2CCC[C@H](CNC(=O)c3ccc(F)cc3)C2)c(F)c1. The van der Waals surface area contributed by atoms with Crippen molar-refractivity contribution in [2.24, 2.45) is 5.92 Å². The Bertz CT molecular complexity index is 780. The predicted octanol–water partition coefficient (Wildman–Crippen LogP) is 3.62. The van der Waals surface area contributed by atoms with Crippen molar-refractivity contribution in [3.05, 3.63) is 65.2 Å². The number of likely N-dealkylation sites (tertiary alicyclic amines) is 1. The van der Waals surface area contributed by atoms with E-state index in [0.717, 1.165) is 25.9 Å². The molecule has 6 heteroatoms. The summed E-state index contributed by atoms with van der Waals surface area (Å²) >= 11 is 0. The van der Waals surface area contributed by atoms with E-state index in [4.69, 9.17) is 4.74 Å². The van der Waals surface area contributed by atoms with Crippen molar-refractivity contribution in [3.63, 3.8) is 0 Å². The second kappa shape index (κ2) is 8.95. The molecule has 1 aliphatic heterocycles. The van der Waals surface area contributed by atoms with Crippen LogP contribution in [0.4, 0.5) is 8.78 Å². The minimum atomic E-state index is -0.361. The molecule has 0 aliphatic carbocycles. The summed E-state index contributed by atoms with van der Waals surface area (Å²) in [5, 5.41) is 2.92. The van der Waals surface area contributed by atoms with Gasteiger partial charge in [-0.1, -0.05) is 6.07 Å². The smallest absolute Gasteiger partial charge is 0.251 e. The number of nitrogens with zero attached hydrogens (tertiary/aromatic N) is 1. The lowest BCUT2D eigenvalue weighted by Crippen LogP contribution is -2.40. The van der Waals surface area contributed by atoms with Crippen molar-refractivity contribution >= 4 is 5.91 Å². The zero-order valence-corrected chi connectivity index (χ0v) is 15.4. The van der Waals surface area contributed by atoms with Gasteiger partial charge in [-0.2, -0.15) is 0 Å². The fourth-order valence-electron chi connectivity index (χ4n) is 3.43. The number of benzene rings is 2. The lowest BCUT2D eigenvalue weighted by molar-refractivity contribution is 0.0930. The van der Waals surface area contributed by atoms with E-state index in [2.05, 4.69) is 10.2 Å². The van der Waals surface area contributed by atoms with Gasteiger partial charge < -0.3 is 10.1 Å². The molecule has 2 aromatic rings. The summed E-state index contributed by atoms with van der Waals surface area (Å²) in [7, 11) is 1.52. The molecule has 1 heterocycles. The minimum Gasteiger partial charge on any atom is -0.497 e. The molecule has 0 aromatic heterocycles. The maximum absolute atomic E-state index is 14.2. The molecule has 3 rings (SSSR count). The van der Waals surface area contributed by atoms with E-state index in [-0.39, 0.29) is 17.5 Å². The summed E-state index contributed by atoms with van der Waals surface area (Å²) in [5.74, 6) is -0.00428. The Hall–Kier alpha value is -2.47. The molecule has 1 N–H and O–H groups in total. The Labute approximate surface area is 158 Å². The van der Waals surface area contributed by atoms with Crippen molar-refractivity contribution in [1.82, 2.24) is 10.2 Å². The highest BCUT2D eigenvalue weighted by atomic mass is 19.1. The van der Waals surface area contributed by atoms with Gasteiger partial charge in [0.25, 0.3) is 5.91 Å². The van der Waals surface area contributed by atoms with Gasteiger partial charge in [0.15, 0.2) is 0 Å². The second-order valence-corrected chi connectivity index (χ2v) is 6.92. The van der Waals surface area contributed by atoms with E-state index in [9.17, 15) is 13.6 Å².